The number of nitrogens with zero attached hydrogens (tertiary/aromatic N) is 1. The number of carbonyl (C=O) groups is 1. The van der Waals surface area contributed by atoms with Crippen LogP contribution in [0, 0.1) is 0 Å². The second-order valence-electron chi connectivity index (χ2n) is 8.20. The Kier molecular flexibility index (Phi) is 5.96. The minimum absolute atomic E-state index is 0.281. The average Bonchev–Trinajstić information content (AvgIpc) is 3.37. The van der Waals surface area contributed by atoms with Crippen LogP contribution in [-0.2, 0) is 11.3 Å². The van der Waals surface area contributed by atoms with Crippen molar-refractivity contribution in [3.8, 4) is 0 Å². The number of ether oxygens (including phenoxy) is 1. The molecule has 2 aliphatic rings. The van der Waals surface area contributed by atoms with E-state index >= 15 is 0 Å². The number of benzene rings is 2. The minimum atomic E-state index is -0.416. The number of amides is 1. The smallest absolute Gasteiger partial charge is 0.411 e. The quantitative estimate of drug-likeness (QED) is 0.741. The molecule has 1 saturated heterocycles. The molecule has 4 rings (SSSR count). The van der Waals surface area contributed by atoms with Crippen LogP contribution in [0.1, 0.15) is 56.1 Å². The van der Waals surface area contributed by atoms with Crippen LogP contribution >= 0.6 is 0 Å². The van der Waals surface area contributed by atoms with Crippen molar-refractivity contribution < 1.29 is 9.53 Å². The lowest BCUT2D eigenvalue weighted by Gasteiger charge is -2.28. The van der Waals surface area contributed by atoms with E-state index in [2.05, 4.69) is 29.3 Å². The molecule has 148 valence electrons. The first-order valence-corrected chi connectivity index (χ1v) is 10.5. The predicted molar refractivity (Wildman–Crippen MR) is 112 cm³/mol. The van der Waals surface area contributed by atoms with E-state index in [1.165, 1.54) is 44.2 Å². The Morgan fingerprint density at radius 3 is 2.57 bits per heavy atom. The van der Waals surface area contributed by atoms with Gasteiger partial charge < -0.3 is 4.74 Å². The lowest BCUT2D eigenvalue weighted by atomic mass is 9.97. The van der Waals surface area contributed by atoms with Gasteiger partial charge in [-0.05, 0) is 74.8 Å². The fourth-order valence-corrected chi connectivity index (χ4v) is 4.78. The summed E-state index contributed by atoms with van der Waals surface area (Å²) < 4.78 is 5.29. The molecular formula is C24H30N2O2. The molecule has 0 spiro atoms. The van der Waals surface area contributed by atoms with Crippen molar-refractivity contribution in [3.05, 3.63) is 65.7 Å². The van der Waals surface area contributed by atoms with E-state index in [4.69, 9.17) is 4.74 Å². The molecule has 1 saturated carbocycles. The lowest BCUT2D eigenvalue weighted by Crippen LogP contribution is -2.35. The number of hydrogen-bond acceptors (Lipinski definition) is 3. The van der Waals surface area contributed by atoms with Crippen molar-refractivity contribution in [3.63, 3.8) is 0 Å². The molecule has 4 heteroatoms. The molecule has 2 aromatic carbocycles. The van der Waals surface area contributed by atoms with E-state index in [0.717, 1.165) is 23.3 Å². The van der Waals surface area contributed by atoms with Crippen LogP contribution in [0.4, 0.5) is 10.5 Å². The Balaban J connectivity index is 1.27. The highest BCUT2D eigenvalue weighted by molar-refractivity contribution is 5.84. The Hall–Kier alpha value is -2.33. The second-order valence-corrected chi connectivity index (χ2v) is 8.20. The van der Waals surface area contributed by atoms with E-state index in [1.807, 2.05) is 42.5 Å². The number of carbonyl (C=O) groups excluding carboxylic acids is 1. The summed E-state index contributed by atoms with van der Waals surface area (Å²) in [5, 5.41) is 2.82. The first kappa shape index (κ1) is 19.0. The third-order valence-corrected chi connectivity index (χ3v) is 6.32. The summed E-state index contributed by atoms with van der Waals surface area (Å²) >= 11 is 0. The third kappa shape index (κ3) is 4.56. The van der Waals surface area contributed by atoms with Gasteiger partial charge in [-0.25, -0.2) is 4.79 Å². The van der Waals surface area contributed by atoms with Crippen molar-refractivity contribution in [1.82, 2.24) is 4.90 Å². The van der Waals surface area contributed by atoms with Crippen LogP contribution in [0.25, 0.3) is 0 Å². The average molecular weight is 379 g/mol. The zero-order chi connectivity index (χ0) is 19.3. The molecule has 28 heavy (non-hydrogen) atoms. The molecule has 0 radical (unpaired) electrons. The van der Waals surface area contributed by atoms with Gasteiger partial charge in [0.25, 0.3) is 0 Å². The molecule has 1 N–H and O–H groups in total. The number of nitrogens with one attached hydrogen (secondary N) is 1. The van der Waals surface area contributed by atoms with Gasteiger partial charge in [-0.15, -0.1) is 0 Å². The van der Waals surface area contributed by atoms with Crippen LogP contribution in [-0.4, -0.2) is 29.6 Å². The topological polar surface area (TPSA) is 41.6 Å². The molecule has 1 heterocycles. The first-order valence-electron chi connectivity index (χ1n) is 10.5. The van der Waals surface area contributed by atoms with Gasteiger partial charge in [0.2, 0.25) is 0 Å². The highest BCUT2D eigenvalue weighted by Gasteiger charge is 2.34. The van der Waals surface area contributed by atoms with Gasteiger partial charge in [0.15, 0.2) is 0 Å². The molecule has 2 fully saturated rings. The summed E-state index contributed by atoms with van der Waals surface area (Å²) in [4.78, 5) is 14.7. The zero-order valence-corrected chi connectivity index (χ0v) is 16.6. The van der Waals surface area contributed by atoms with Crippen LogP contribution in [0.5, 0.6) is 0 Å². The molecule has 4 nitrogen and oxygen atoms in total. The number of anilines is 1. The van der Waals surface area contributed by atoms with Gasteiger partial charge in [-0.3, -0.25) is 10.2 Å². The monoisotopic (exact) mass is 378 g/mol. The third-order valence-electron chi connectivity index (χ3n) is 6.32. The Morgan fingerprint density at radius 2 is 1.86 bits per heavy atom. The fourth-order valence-electron chi connectivity index (χ4n) is 4.78. The van der Waals surface area contributed by atoms with Crippen molar-refractivity contribution in [2.24, 2.45) is 0 Å². The van der Waals surface area contributed by atoms with E-state index in [9.17, 15) is 4.79 Å². The summed E-state index contributed by atoms with van der Waals surface area (Å²) in [6, 6.07) is 19.5. The number of likely N-dealkylation sites (tertiary alicyclic amines) is 1. The fraction of sp³-hybridized carbons (Fsp3) is 0.458. The van der Waals surface area contributed by atoms with E-state index in [0.29, 0.717) is 5.92 Å². The first-order chi connectivity index (χ1) is 13.7. The SMILES string of the molecule is C[C@H]1CCCN1[C@H]1CCC(c2ccc(NC(=O)OCc3ccccc3)cc2)C1. The number of hydrogen-bond donors (Lipinski definition) is 1. The molecule has 1 aliphatic heterocycles. The van der Waals surface area contributed by atoms with Crippen molar-refractivity contribution >= 4 is 11.8 Å². The van der Waals surface area contributed by atoms with E-state index in [-0.39, 0.29) is 6.61 Å². The molecule has 0 bridgehead atoms. The van der Waals surface area contributed by atoms with Crippen LogP contribution < -0.4 is 5.32 Å². The summed E-state index contributed by atoms with van der Waals surface area (Å²) in [7, 11) is 0. The number of rotatable bonds is 5. The maximum Gasteiger partial charge on any atom is 0.411 e. The van der Waals surface area contributed by atoms with Crippen LogP contribution in [0.2, 0.25) is 0 Å². The standard InChI is InChI=1S/C24H30N2O2/c1-18-6-5-15-26(18)23-14-11-21(16-23)20-9-12-22(13-10-20)25-24(27)28-17-19-7-3-2-4-8-19/h2-4,7-10,12-13,18,21,23H,5-6,11,14-17H2,1H3,(H,25,27)/t18-,21?,23-/m0/s1. The van der Waals surface area contributed by atoms with Gasteiger partial charge in [0.05, 0.1) is 0 Å². The molecular weight excluding hydrogens is 348 g/mol. The van der Waals surface area contributed by atoms with Gasteiger partial charge in [0.1, 0.15) is 6.61 Å². The summed E-state index contributed by atoms with van der Waals surface area (Å²) in [6.45, 7) is 3.92. The molecule has 1 aliphatic carbocycles. The molecule has 1 amide bonds. The predicted octanol–water partition coefficient (Wildman–Crippen LogP) is 5.56. The Labute approximate surface area is 167 Å². The van der Waals surface area contributed by atoms with Gasteiger partial charge in [-0.1, -0.05) is 42.5 Å². The largest absolute Gasteiger partial charge is 0.444 e. The van der Waals surface area contributed by atoms with Gasteiger partial charge in [0, 0.05) is 17.8 Å². The molecule has 1 unspecified atom stereocenters. The van der Waals surface area contributed by atoms with E-state index < -0.39 is 6.09 Å². The highest BCUT2D eigenvalue weighted by Crippen LogP contribution is 2.39. The van der Waals surface area contributed by atoms with E-state index in [1.54, 1.807) is 0 Å². The molecule has 2 aromatic rings. The molecule has 0 aromatic heterocycles. The van der Waals surface area contributed by atoms with Crippen molar-refractivity contribution in [2.45, 2.75) is 63.6 Å². The normalized spacial score (nSPS) is 25.0. The van der Waals surface area contributed by atoms with Crippen molar-refractivity contribution in [2.75, 3.05) is 11.9 Å². The maximum absolute atomic E-state index is 12.0. The van der Waals surface area contributed by atoms with Crippen LogP contribution in [0.15, 0.2) is 54.6 Å². The summed E-state index contributed by atoms with van der Waals surface area (Å²) in [5.74, 6) is 0.636. The van der Waals surface area contributed by atoms with Gasteiger partial charge >= 0.3 is 6.09 Å². The van der Waals surface area contributed by atoms with Crippen molar-refractivity contribution in [1.29, 1.82) is 0 Å². The Bertz CT molecular complexity index is 775. The summed E-state index contributed by atoms with van der Waals surface area (Å²) in [6.07, 6.45) is 6.11. The highest BCUT2D eigenvalue weighted by atomic mass is 16.5. The van der Waals surface area contributed by atoms with Gasteiger partial charge in [-0.2, -0.15) is 0 Å². The second kappa shape index (κ2) is 8.78. The molecule has 3 atom stereocenters. The lowest BCUT2D eigenvalue weighted by molar-refractivity contribution is 0.155. The Morgan fingerprint density at radius 1 is 1.07 bits per heavy atom. The summed E-state index contributed by atoms with van der Waals surface area (Å²) in [5.41, 5.74) is 3.15. The minimum Gasteiger partial charge on any atom is -0.444 e. The van der Waals surface area contributed by atoms with Crippen LogP contribution in [0.3, 0.4) is 0 Å². The maximum atomic E-state index is 12.0. The zero-order valence-electron chi connectivity index (χ0n) is 16.6.